The van der Waals surface area contributed by atoms with Gasteiger partial charge in [-0.25, -0.2) is 4.98 Å². The Morgan fingerprint density at radius 1 is 1.15 bits per heavy atom. The molecule has 0 aliphatic carbocycles. The van der Waals surface area contributed by atoms with Crippen LogP contribution >= 0.6 is 0 Å². The van der Waals surface area contributed by atoms with Crippen molar-refractivity contribution < 1.29 is 37.5 Å². The van der Waals surface area contributed by atoms with E-state index in [1.54, 1.807) is 29.2 Å². The minimum atomic E-state index is -4.78. The van der Waals surface area contributed by atoms with Crippen LogP contribution in [-0.2, 0) is 35.8 Å². The molecule has 4 heterocycles. The number of hydrogen-bond acceptors (Lipinski definition) is 8. The molecule has 1 aromatic carbocycles. The summed E-state index contributed by atoms with van der Waals surface area (Å²) in [6, 6.07) is 6.69. The number of halogens is 3. The molecule has 5 rings (SSSR count). The normalized spacial score (nSPS) is 15.2. The fourth-order valence-electron chi connectivity index (χ4n) is 5.83. The molecule has 2 fully saturated rings. The first-order valence-electron chi connectivity index (χ1n) is 15.3. The lowest BCUT2D eigenvalue weighted by atomic mass is 9.96. The number of nitrogens with one attached hydrogen (secondary N) is 2. The van der Waals surface area contributed by atoms with Gasteiger partial charge in [0.2, 0.25) is 5.91 Å². The number of amides is 3. The Balaban J connectivity index is 0.00000167. The SMILES string of the molecule is CCc1cc(NC(=O)c2ncc(-c3cn(CC#N)nc3C(F)(F)F)n2C)ccc1C(=O)N1CCN(C(=O)C2CCNCC2)CC1.O=CO. The van der Waals surface area contributed by atoms with E-state index in [1.165, 1.54) is 11.6 Å². The third kappa shape index (κ3) is 8.00. The van der Waals surface area contributed by atoms with Crippen LogP contribution < -0.4 is 10.6 Å². The Hall–Kier alpha value is -5.24. The Morgan fingerprint density at radius 3 is 2.40 bits per heavy atom. The van der Waals surface area contributed by atoms with E-state index in [2.05, 4.69) is 20.7 Å². The molecule has 256 valence electrons. The van der Waals surface area contributed by atoms with E-state index in [-0.39, 0.29) is 47.8 Å². The second kappa shape index (κ2) is 15.6. The average molecular weight is 672 g/mol. The minimum Gasteiger partial charge on any atom is -0.483 e. The zero-order valence-corrected chi connectivity index (χ0v) is 26.5. The molecule has 3 N–H and O–H groups in total. The van der Waals surface area contributed by atoms with E-state index in [0.717, 1.165) is 43.0 Å². The molecule has 3 aromatic rings. The number of carboxylic acid groups (broad SMARTS) is 1. The van der Waals surface area contributed by atoms with E-state index in [9.17, 15) is 27.6 Å². The van der Waals surface area contributed by atoms with Crippen LogP contribution in [0.3, 0.4) is 0 Å². The number of nitrogens with zero attached hydrogens (tertiary/aromatic N) is 7. The predicted octanol–water partition coefficient (Wildman–Crippen LogP) is 2.63. The van der Waals surface area contributed by atoms with E-state index in [1.807, 2.05) is 11.8 Å². The van der Waals surface area contributed by atoms with Crippen LogP contribution in [-0.4, -0.2) is 97.7 Å². The molecule has 0 atom stereocenters. The van der Waals surface area contributed by atoms with Gasteiger partial charge in [-0.3, -0.25) is 23.9 Å². The Bertz CT molecular complexity index is 1680. The quantitative estimate of drug-likeness (QED) is 0.319. The van der Waals surface area contributed by atoms with Gasteiger partial charge in [-0.2, -0.15) is 23.5 Å². The first kappa shape index (κ1) is 35.6. The Labute approximate surface area is 274 Å². The summed E-state index contributed by atoms with van der Waals surface area (Å²) in [7, 11) is 1.41. The number of hydrogen-bond donors (Lipinski definition) is 3. The lowest BCUT2D eigenvalue weighted by Gasteiger charge is -2.37. The van der Waals surface area contributed by atoms with Crippen LogP contribution in [0.4, 0.5) is 18.9 Å². The van der Waals surface area contributed by atoms with Crippen LogP contribution in [0.1, 0.15) is 52.0 Å². The fourth-order valence-corrected chi connectivity index (χ4v) is 5.83. The molecule has 0 bridgehead atoms. The minimum absolute atomic E-state index is 0.00408. The maximum atomic E-state index is 13.7. The third-order valence-corrected chi connectivity index (χ3v) is 8.27. The summed E-state index contributed by atoms with van der Waals surface area (Å²) in [5, 5.41) is 25.3. The number of carbonyl (C=O) groups is 4. The summed E-state index contributed by atoms with van der Waals surface area (Å²) in [5.41, 5.74) is 0.126. The number of nitriles is 1. The van der Waals surface area contributed by atoms with E-state index >= 15 is 0 Å². The summed E-state index contributed by atoms with van der Waals surface area (Å²) < 4.78 is 43.1. The van der Waals surface area contributed by atoms with Crippen LogP contribution in [0.2, 0.25) is 0 Å². The number of piperidine rings is 1. The Kier molecular flexibility index (Phi) is 11.5. The molecule has 0 saturated carbocycles. The molecular formula is C31H36F3N9O5. The van der Waals surface area contributed by atoms with E-state index in [4.69, 9.17) is 15.2 Å². The molecule has 0 radical (unpaired) electrons. The smallest absolute Gasteiger partial charge is 0.435 e. The summed E-state index contributed by atoms with van der Waals surface area (Å²) >= 11 is 0. The number of piperazine rings is 1. The van der Waals surface area contributed by atoms with Crippen molar-refractivity contribution in [2.45, 2.75) is 38.9 Å². The fraction of sp³-hybridized carbons (Fsp3) is 0.452. The number of imidazole rings is 1. The number of rotatable bonds is 7. The lowest BCUT2D eigenvalue weighted by Crippen LogP contribution is -2.52. The highest BCUT2D eigenvalue weighted by atomic mass is 19.4. The zero-order valence-electron chi connectivity index (χ0n) is 26.5. The number of aryl methyl sites for hydroxylation is 1. The third-order valence-electron chi connectivity index (χ3n) is 8.27. The van der Waals surface area contributed by atoms with Gasteiger partial charge in [0.1, 0.15) is 6.54 Å². The van der Waals surface area contributed by atoms with Crippen molar-refractivity contribution in [2.24, 2.45) is 13.0 Å². The van der Waals surface area contributed by atoms with Crippen molar-refractivity contribution in [3.63, 3.8) is 0 Å². The van der Waals surface area contributed by atoms with E-state index < -0.39 is 17.8 Å². The second-order valence-electron chi connectivity index (χ2n) is 11.2. The van der Waals surface area contributed by atoms with Crippen molar-refractivity contribution in [3.05, 3.63) is 53.2 Å². The monoisotopic (exact) mass is 671 g/mol. The molecule has 2 aliphatic rings. The van der Waals surface area contributed by atoms with Crippen LogP contribution in [0, 0.1) is 17.2 Å². The molecule has 48 heavy (non-hydrogen) atoms. The van der Waals surface area contributed by atoms with Crippen LogP contribution in [0.15, 0.2) is 30.6 Å². The second-order valence-corrected chi connectivity index (χ2v) is 11.2. The number of carbonyl (C=O) groups excluding carboxylic acids is 3. The first-order chi connectivity index (χ1) is 22.9. The molecule has 3 amide bonds. The highest BCUT2D eigenvalue weighted by Crippen LogP contribution is 2.36. The molecule has 0 unspecified atom stereocenters. The van der Waals surface area contributed by atoms with E-state index in [0.29, 0.717) is 49.4 Å². The highest BCUT2D eigenvalue weighted by molar-refractivity contribution is 6.03. The first-order valence-corrected chi connectivity index (χ1v) is 15.3. The van der Waals surface area contributed by atoms with Gasteiger partial charge in [-0.05, 0) is 56.1 Å². The van der Waals surface area contributed by atoms with Crippen molar-refractivity contribution >= 4 is 29.9 Å². The molecule has 17 heteroatoms. The molecule has 0 spiro atoms. The Morgan fingerprint density at radius 2 is 1.79 bits per heavy atom. The maximum Gasteiger partial charge on any atom is 0.435 e. The molecular weight excluding hydrogens is 635 g/mol. The van der Waals surface area contributed by atoms with Gasteiger partial charge < -0.3 is 30.1 Å². The van der Waals surface area contributed by atoms with Crippen molar-refractivity contribution in [1.82, 2.24) is 34.4 Å². The van der Waals surface area contributed by atoms with Gasteiger partial charge >= 0.3 is 6.18 Å². The van der Waals surface area contributed by atoms with Gasteiger partial charge in [0.05, 0.1) is 23.5 Å². The predicted molar refractivity (Wildman–Crippen MR) is 166 cm³/mol. The topological polar surface area (TPSA) is 178 Å². The maximum absolute atomic E-state index is 13.7. The summed E-state index contributed by atoms with van der Waals surface area (Å²) in [6.45, 7) is 4.79. The van der Waals surface area contributed by atoms with Gasteiger partial charge in [0, 0.05) is 56.6 Å². The van der Waals surface area contributed by atoms with Gasteiger partial charge in [0.25, 0.3) is 18.3 Å². The standard InChI is InChI=1S/C30H34F3N9O3.CH2O2/c1-3-19-16-21(4-5-22(19)29(45)41-14-12-40(13-15-41)28(44)20-6-9-35-10-7-20)37-27(43)26-36-17-24(39(26)2)23-18-42(11-8-34)38-25(23)30(31,32)33;2-1-3/h4-5,16-18,20,35H,3,6-7,9-15H2,1-2H3,(H,37,43);1H,(H,2,3). The highest BCUT2D eigenvalue weighted by Gasteiger charge is 2.38. The largest absolute Gasteiger partial charge is 0.483 e. The van der Waals surface area contributed by atoms with Gasteiger partial charge in [-0.15, -0.1) is 0 Å². The number of aromatic nitrogens is 4. The average Bonchev–Trinajstić information content (AvgIpc) is 3.68. The number of benzene rings is 1. The van der Waals surface area contributed by atoms with Crippen LogP contribution in [0.5, 0.6) is 0 Å². The molecule has 2 aromatic heterocycles. The zero-order chi connectivity index (χ0) is 35.0. The molecule has 2 aliphatic heterocycles. The summed E-state index contributed by atoms with van der Waals surface area (Å²) in [4.78, 5) is 55.5. The van der Waals surface area contributed by atoms with Gasteiger partial charge in [-0.1, -0.05) is 6.92 Å². The molecule has 2 saturated heterocycles. The van der Waals surface area contributed by atoms with Crippen molar-refractivity contribution in [3.8, 4) is 17.3 Å². The number of alkyl halides is 3. The van der Waals surface area contributed by atoms with Crippen molar-refractivity contribution in [1.29, 1.82) is 5.26 Å². The summed E-state index contributed by atoms with van der Waals surface area (Å²) in [6.07, 6.45) is -0.363. The lowest BCUT2D eigenvalue weighted by molar-refractivity contribution is -0.141. The summed E-state index contributed by atoms with van der Waals surface area (Å²) in [5.74, 6) is -0.748. The van der Waals surface area contributed by atoms with Crippen molar-refractivity contribution in [2.75, 3.05) is 44.6 Å². The van der Waals surface area contributed by atoms with Crippen LogP contribution in [0.25, 0.3) is 11.3 Å². The number of anilines is 1. The van der Waals surface area contributed by atoms with Gasteiger partial charge in [0.15, 0.2) is 11.5 Å². The molecule has 14 nitrogen and oxygen atoms in total.